The fraction of sp³-hybridized carbons (Fsp3) is 0.200. The maximum Gasteiger partial charge on any atom is 0.125 e. The van der Waals surface area contributed by atoms with Crippen molar-refractivity contribution in [1.82, 2.24) is 9.97 Å². The van der Waals surface area contributed by atoms with Gasteiger partial charge in [-0.3, -0.25) is 4.98 Å². The van der Waals surface area contributed by atoms with Crippen LogP contribution in [-0.4, -0.2) is 9.97 Å². The highest BCUT2D eigenvalue weighted by molar-refractivity contribution is 5.77. The van der Waals surface area contributed by atoms with E-state index in [0.29, 0.717) is 5.52 Å². The largest absolute Gasteiger partial charge is 0.252 e. The molecule has 0 amide bonds. The van der Waals surface area contributed by atoms with E-state index in [1.165, 1.54) is 12.1 Å². The molecule has 0 aliphatic rings. The Bertz CT molecular complexity index is 460. The van der Waals surface area contributed by atoms with Crippen molar-refractivity contribution in [3.63, 3.8) is 0 Å². The van der Waals surface area contributed by atoms with Gasteiger partial charge in [0, 0.05) is 12.3 Å². The molecule has 1 aromatic heterocycles. The second-order valence-corrected chi connectivity index (χ2v) is 3.10. The molecule has 0 saturated heterocycles. The molecule has 13 heavy (non-hydrogen) atoms. The molecule has 0 bridgehead atoms. The summed E-state index contributed by atoms with van der Waals surface area (Å²) in [7, 11) is 0. The fourth-order valence-corrected chi connectivity index (χ4v) is 1.35. The summed E-state index contributed by atoms with van der Waals surface area (Å²) in [6, 6.07) is 2.87. The highest BCUT2D eigenvalue weighted by Gasteiger charge is 2.02. The van der Waals surface area contributed by atoms with Crippen molar-refractivity contribution in [3.05, 3.63) is 35.4 Å². The van der Waals surface area contributed by atoms with Gasteiger partial charge >= 0.3 is 0 Å². The summed E-state index contributed by atoms with van der Waals surface area (Å²) < 4.78 is 13.0. The smallest absolute Gasteiger partial charge is 0.125 e. The average Bonchev–Trinajstić information content (AvgIpc) is 2.02. The Hall–Kier alpha value is -1.51. The summed E-state index contributed by atoms with van der Waals surface area (Å²) in [4.78, 5) is 8.39. The molecule has 2 nitrogen and oxygen atoms in total. The van der Waals surface area contributed by atoms with Crippen molar-refractivity contribution in [2.45, 2.75) is 13.8 Å². The first-order chi connectivity index (χ1) is 6.16. The summed E-state index contributed by atoms with van der Waals surface area (Å²) in [6.45, 7) is 3.67. The van der Waals surface area contributed by atoms with E-state index in [1.807, 2.05) is 13.8 Å². The Morgan fingerprint density at radius 1 is 1.23 bits per heavy atom. The second kappa shape index (κ2) is 2.76. The molecule has 0 aliphatic carbocycles. The minimum Gasteiger partial charge on any atom is -0.252 e. The van der Waals surface area contributed by atoms with E-state index in [1.54, 1.807) is 6.20 Å². The highest BCUT2D eigenvalue weighted by Crippen LogP contribution is 2.15. The third-order valence-corrected chi connectivity index (χ3v) is 1.92. The predicted octanol–water partition coefficient (Wildman–Crippen LogP) is 2.39. The number of aromatic nitrogens is 2. The van der Waals surface area contributed by atoms with E-state index in [4.69, 9.17) is 0 Å². The van der Waals surface area contributed by atoms with Crippen LogP contribution in [-0.2, 0) is 0 Å². The molecule has 66 valence electrons. The minimum atomic E-state index is -0.259. The summed E-state index contributed by atoms with van der Waals surface area (Å²) >= 11 is 0. The SMILES string of the molecule is Cc1cnc2c(C)cc(F)cc2n1. The van der Waals surface area contributed by atoms with Crippen molar-refractivity contribution >= 4 is 11.0 Å². The predicted molar refractivity (Wildman–Crippen MR) is 49.0 cm³/mol. The lowest BCUT2D eigenvalue weighted by molar-refractivity contribution is 0.628. The number of fused-ring (bicyclic) bond motifs is 1. The maximum atomic E-state index is 13.0. The van der Waals surface area contributed by atoms with Gasteiger partial charge in [0.2, 0.25) is 0 Å². The van der Waals surface area contributed by atoms with E-state index in [9.17, 15) is 4.39 Å². The maximum absolute atomic E-state index is 13.0. The Kier molecular flexibility index (Phi) is 1.72. The van der Waals surface area contributed by atoms with Gasteiger partial charge in [0.1, 0.15) is 5.82 Å². The van der Waals surface area contributed by atoms with Gasteiger partial charge in [-0.2, -0.15) is 0 Å². The van der Waals surface area contributed by atoms with Crippen LogP contribution < -0.4 is 0 Å². The summed E-state index contributed by atoms with van der Waals surface area (Å²) in [5.74, 6) is -0.259. The van der Waals surface area contributed by atoms with Crippen LogP contribution in [0.4, 0.5) is 4.39 Å². The minimum absolute atomic E-state index is 0.259. The van der Waals surface area contributed by atoms with E-state index in [-0.39, 0.29) is 5.82 Å². The molecule has 0 N–H and O–H groups in total. The molecule has 1 heterocycles. The molecule has 0 unspecified atom stereocenters. The zero-order chi connectivity index (χ0) is 9.42. The van der Waals surface area contributed by atoms with Gasteiger partial charge in [-0.1, -0.05) is 0 Å². The number of halogens is 1. The van der Waals surface area contributed by atoms with Crippen LogP contribution in [0.15, 0.2) is 18.3 Å². The summed E-state index contributed by atoms with van der Waals surface area (Å²) in [5, 5.41) is 0. The molecule has 0 atom stereocenters. The number of benzene rings is 1. The van der Waals surface area contributed by atoms with Crippen LogP contribution in [0.5, 0.6) is 0 Å². The molecule has 0 saturated carbocycles. The quantitative estimate of drug-likeness (QED) is 0.616. The van der Waals surface area contributed by atoms with Crippen molar-refractivity contribution in [2.24, 2.45) is 0 Å². The standard InChI is InChI=1S/C10H9FN2/c1-6-3-8(11)4-9-10(6)12-5-7(2)13-9/h3-5H,1-2H3. The first-order valence-corrected chi connectivity index (χ1v) is 4.06. The van der Waals surface area contributed by atoms with Gasteiger partial charge < -0.3 is 0 Å². The van der Waals surface area contributed by atoms with Crippen molar-refractivity contribution in [1.29, 1.82) is 0 Å². The van der Waals surface area contributed by atoms with Crippen LogP contribution in [0.1, 0.15) is 11.3 Å². The van der Waals surface area contributed by atoms with E-state index >= 15 is 0 Å². The molecular formula is C10H9FN2. The third kappa shape index (κ3) is 1.37. The third-order valence-electron chi connectivity index (χ3n) is 1.92. The van der Waals surface area contributed by atoms with Crippen LogP contribution >= 0.6 is 0 Å². The summed E-state index contributed by atoms with van der Waals surface area (Å²) in [5.41, 5.74) is 3.02. The summed E-state index contributed by atoms with van der Waals surface area (Å²) in [6.07, 6.45) is 1.69. The first-order valence-electron chi connectivity index (χ1n) is 4.06. The molecule has 0 spiro atoms. The fourth-order valence-electron chi connectivity index (χ4n) is 1.35. The Morgan fingerprint density at radius 3 is 2.77 bits per heavy atom. The molecule has 1 aromatic carbocycles. The molecule has 0 fully saturated rings. The monoisotopic (exact) mass is 176 g/mol. The van der Waals surface area contributed by atoms with Crippen molar-refractivity contribution in [2.75, 3.05) is 0 Å². The molecule has 2 aromatic rings. The Labute approximate surface area is 75.4 Å². The van der Waals surface area contributed by atoms with Gasteiger partial charge in [-0.25, -0.2) is 9.37 Å². The van der Waals surface area contributed by atoms with Gasteiger partial charge in [-0.15, -0.1) is 0 Å². The zero-order valence-corrected chi connectivity index (χ0v) is 7.50. The van der Waals surface area contributed by atoms with Crippen molar-refractivity contribution < 1.29 is 4.39 Å². The van der Waals surface area contributed by atoms with E-state index in [0.717, 1.165) is 16.8 Å². The van der Waals surface area contributed by atoms with Crippen LogP contribution in [0.2, 0.25) is 0 Å². The van der Waals surface area contributed by atoms with Crippen LogP contribution in [0, 0.1) is 19.7 Å². The molecule has 0 radical (unpaired) electrons. The van der Waals surface area contributed by atoms with E-state index in [2.05, 4.69) is 9.97 Å². The van der Waals surface area contributed by atoms with Crippen LogP contribution in [0.3, 0.4) is 0 Å². The number of nitrogens with zero attached hydrogens (tertiary/aromatic N) is 2. The molecule has 0 aliphatic heterocycles. The topological polar surface area (TPSA) is 25.8 Å². The van der Waals surface area contributed by atoms with Crippen LogP contribution in [0.25, 0.3) is 11.0 Å². The number of rotatable bonds is 0. The average molecular weight is 176 g/mol. The molecule has 2 rings (SSSR count). The lowest BCUT2D eigenvalue weighted by Crippen LogP contribution is -1.90. The van der Waals surface area contributed by atoms with Gasteiger partial charge in [0.05, 0.1) is 16.7 Å². The Morgan fingerprint density at radius 2 is 2.00 bits per heavy atom. The van der Waals surface area contributed by atoms with Gasteiger partial charge in [-0.05, 0) is 25.5 Å². The number of hydrogen-bond acceptors (Lipinski definition) is 2. The molecular weight excluding hydrogens is 167 g/mol. The van der Waals surface area contributed by atoms with E-state index < -0.39 is 0 Å². The second-order valence-electron chi connectivity index (χ2n) is 3.10. The highest BCUT2D eigenvalue weighted by atomic mass is 19.1. The number of hydrogen-bond donors (Lipinski definition) is 0. The first kappa shape index (κ1) is 8.10. The van der Waals surface area contributed by atoms with Gasteiger partial charge in [0.25, 0.3) is 0 Å². The molecule has 3 heteroatoms. The van der Waals surface area contributed by atoms with Crippen molar-refractivity contribution in [3.8, 4) is 0 Å². The normalized spacial score (nSPS) is 10.7. The zero-order valence-electron chi connectivity index (χ0n) is 7.50. The Balaban J connectivity index is 2.86. The number of aryl methyl sites for hydroxylation is 2. The van der Waals surface area contributed by atoms with Gasteiger partial charge in [0.15, 0.2) is 0 Å². The lowest BCUT2D eigenvalue weighted by atomic mass is 10.2. The lowest BCUT2D eigenvalue weighted by Gasteiger charge is -2.01.